The summed E-state index contributed by atoms with van der Waals surface area (Å²) in [6, 6.07) is 13.5. The molecule has 0 unspecified atom stereocenters. The Morgan fingerprint density at radius 3 is 2.42 bits per heavy atom. The number of aryl methyl sites for hydroxylation is 1. The van der Waals surface area contributed by atoms with Gasteiger partial charge in [-0.3, -0.25) is 4.79 Å². The Hall–Kier alpha value is -2.40. The van der Waals surface area contributed by atoms with E-state index in [9.17, 15) is 4.79 Å². The van der Waals surface area contributed by atoms with Crippen LogP contribution in [0.1, 0.15) is 23.1 Å². The van der Waals surface area contributed by atoms with Gasteiger partial charge in [0.15, 0.2) is 0 Å². The molecule has 0 saturated carbocycles. The number of likely N-dealkylation sites (N-methyl/N-ethyl adjacent to an activating group) is 1. The third kappa shape index (κ3) is 3.92. The first-order chi connectivity index (χ1) is 11.7. The van der Waals surface area contributed by atoms with Crippen LogP contribution in [0.25, 0.3) is 0 Å². The minimum atomic E-state index is -0.178. The second-order valence-corrected chi connectivity index (χ2v) is 6.09. The molecule has 24 heavy (non-hydrogen) atoms. The maximum atomic E-state index is 12.2. The topological polar surface area (TPSA) is 48.5 Å². The number of hydrogen-bond acceptors (Lipinski definition) is 4. The summed E-state index contributed by atoms with van der Waals surface area (Å²) in [5.74, 6) is -0.178. The van der Waals surface area contributed by atoms with Gasteiger partial charge in [0.05, 0.1) is 0 Å². The zero-order valence-electron chi connectivity index (χ0n) is 14.3. The van der Waals surface area contributed by atoms with E-state index >= 15 is 0 Å². The van der Waals surface area contributed by atoms with Crippen molar-refractivity contribution in [2.75, 3.05) is 42.9 Å². The fourth-order valence-corrected chi connectivity index (χ4v) is 2.94. The Balaban J connectivity index is 1.61. The quantitative estimate of drug-likeness (QED) is 0.939. The molecule has 1 aromatic heterocycles. The Morgan fingerprint density at radius 2 is 1.79 bits per heavy atom. The molecule has 0 radical (unpaired) electrons. The number of amides is 1. The predicted molar refractivity (Wildman–Crippen MR) is 97.7 cm³/mol. The summed E-state index contributed by atoms with van der Waals surface area (Å²) in [6.07, 6.45) is 0. The van der Waals surface area contributed by atoms with Crippen molar-refractivity contribution in [2.45, 2.75) is 13.8 Å². The van der Waals surface area contributed by atoms with E-state index in [0.717, 1.165) is 44.1 Å². The van der Waals surface area contributed by atoms with E-state index < -0.39 is 0 Å². The van der Waals surface area contributed by atoms with Gasteiger partial charge < -0.3 is 15.1 Å². The van der Waals surface area contributed by atoms with E-state index in [4.69, 9.17) is 0 Å². The number of nitrogens with one attached hydrogen (secondary N) is 1. The largest absolute Gasteiger partial charge is 0.369 e. The van der Waals surface area contributed by atoms with Crippen LogP contribution in [0.2, 0.25) is 0 Å². The number of carbonyl (C=O) groups excluding carboxylic acids is 1. The molecule has 1 amide bonds. The highest BCUT2D eigenvalue weighted by atomic mass is 16.1. The van der Waals surface area contributed by atoms with Gasteiger partial charge in [0.2, 0.25) is 0 Å². The Labute approximate surface area is 143 Å². The van der Waals surface area contributed by atoms with Crippen LogP contribution in [0.15, 0.2) is 42.5 Å². The maximum Gasteiger partial charge on any atom is 0.274 e. The number of pyridine rings is 1. The van der Waals surface area contributed by atoms with Gasteiger partial charge in [-0.05, 0) is 49.9 Å². The third-order valence-electron chi connectivity index (χ3n) is 4.43. The molecular formula is C19H24N4O. The molecule has 0 atom stereocenters. The molecule has 1 aromatic carbocycles. The molecule has 5 heteroatoms. The molecule has 1 aliphatic heterocycles. The zero-order chi connectivity index (χ0) is 16.9. The molecule has 1 fully saturated rings. The smallest absolute Gasteiger partial charge is 0.274 e. The first kappa shape index (κ1) is 16.5. The van der Waals surface area contributed by atoms with Crippen LogP contribution in [-0.4, -0.2) is 48.5 Å². The van der Waals surface area contributed by atoms with Crippen molar-refractivity contribution in [1.29, 1.82) is 0 Å². The lowest BCUT2D eigenvalue weighted by molar-refractivity contribution is 0.102. The van der Waals surface area contributed by atoms with Crippen molar-refractivity contribution in [3.8, 4) is 0 Å². The van der Waals surface area contributed by atoms with Gasteiger partial charge >= 0.3 is 0 Å². The number of nitrogens with zero attached hydrogens (tertiary/aromatic N) is 3. The van der Waals surface area contributed by atoms with Gasteiger partial charge in [-0.25, -0.2) is 4.98 Å². The van der Waals surface area contributed by atoms with Crippen molar-refractivity contribution in [3.05, 3.63) is 53.9 Å². The predicted octanol–water partition coefficient (Wildman–Crippen LogP) is 2.78. The van der Waals surface area contributed by atoms with Gasteiger partial charge in [-0.1, -0.05) is 13.0 Å². The average molecular weight is 324 g/mol. The average Bonchev–Trinajstić information content (AvgIpc) is 2.62. The number of rotatable bonds is 4. The van der Waals surface area contributed by atoms with Crippen molar-refractivity contribution in [3.63, 3.8) is 0 Å². The van der Waals surface area contributed by atoms with Crippen LogP contribution in [0.5, 0.6) is 0 Å². The minimum absolute atomic E-state index is 0.178. The third-order valence-corrected chi connectivity index (χ3v) is 4.43. The Kier molecular flexibility index (Phi) is 5.11. The normalized spacial score (nSPS) is 15.3. The van der Waals surface area contributed by atoms with Crippen LogP contribution < -0.4 is 10.2 Å². The van der Waals surface area contributed by atoms with Crippen molar-refractivity contribution in [2.24, 2.45) is 0 Å². The molecule has 2 heterocycles. The summed E-state index contributed by atoms with van der Waals surface area (Å²) >= 11 is 0. The lowest BCUT2D eigenvalue weighted by Gasteiger charge is -2.35. The van der Waals surface area contributed by atoms with Crippen molar-refractivity contribution < 1.29 is 4.79 Å². The van der Waals surface area contributed by atoms with Crippen molar-refractivity contribution >= 4 is 17.3 Å². The molecule has 0 bridgehead atoms. The summed E-state index contributed by atoms with van der Waals surface area (Å²) in [6.45, 7) is 9.51. The molecule has 1 N–H and O–H groups in total. The number of hydrogen-bond donors (Lipinski definition) is 1. The van der Waals surface area contributed by atoms with Crippen molar-refractivity contribution in [1.82, 2.24) is 9.88 Å². The molecule has 0 spiro atoms. The van der Waals surface area contributed by atoms with E-state index in [2.05, 4.69) is 39.2 Å². The molecule has 3 rings (SSSR count). The van der Waals surface area contributed by atoms with Gasteiger partial charge in [-0.2, -0.15) is 0 Å². The lowest BCUT2D eigenvalue weighted by Crippen LogP contribution is -2.46. The number of piperazine rings is 1. The van der Waals surface area contributed by atoms with Gasteiger partial charge in [0.25, 0.3) is 5.91 Å². The van der Waals surface area contributed by atoms with Crippen LogP contribution in [-0.2, 0) is 0 Å². The monoisotopic (exact) mass is 324 g/mol. The second-order valence-electron chi connectivity index (χ2n) is 6.09. The highest BCUT2D eigenvalue weighted by molar-refractivity contribution is 6.02. The highest BCUT2D eigenvalue weighted by Crippen LogP contribution is 2.20. The molecular weight excluding hydrogens is 300 g/mol. The molecule has 2 aromatic rings. The summed E-state index contributed by atoms with van der Waals surface area (Å²) < 4.78 is 0. The van der Waals surface area contributed by atoms with E-state index in [-0.39, 0.29) is 5.91 Å². The Morgan fingerprint density at radius 1 is 1.08 bits per heavy atom. The fourth-order valence-electron chi connectivity index (χ4n) is 2.94. The maximum absolute atomic E-state index is 12.2. The SMILES string of the molecule is CCN1CCN(c2ccc(NC(=O)c3cccc(C)n3)cc2)CC1. The summed E-state index contributed by atoms with van der Waals surface area (Å²) in [5, 5.41) is 2.90. The summed E-state index contributed by atoms with van der Waals surface area (Å²) in [7, 11) is 0. The Bertz CT molecular complexity index is 691. The summed E-state index contributed by atoms with van der Waals surface area (Å²) in [5.41, 5.74) is 3.27. The molecule has 1 aliphatic rings. The number of benzene rings is 1. The zero-order valence-corrected chi connectivity index (χ0v) is 14.3. The molecule has 0 aliphatic carbocycles. The van der Waals surface area contributed by atoms with Crippen LogP contribution in [0.3, 0.4) is 0 Å². The highest BCUT2D eigenvalue weighted by Gasteiger charge is 2.15. The van der Waals surface area contributed by atoms with E-state index in [1.54, 1.807) is 6.07 Å². The van der Waals surface area contributed by atoms with E-state index in [1.165, 1.54) is 5.69 Å². The standard InChI is InChI=1S/C19H24N4O/c1-3-22-11-13-23(14-12-22)17-9-7-16(8-10-17)21-19(24)18-6-4-5-15(2)20-18/h4-10H,3,11-14H2,1-2H3,(H,21,24). The molecule has 126 valence electrons. The molecule has 5 nitrogen and oxygen atoms in total. The first-order valence-corrected chi connectivity index (χ1v) is 8.48. The van der Waals surface area contributed by atoms with Gasteiger partial charge in [0, 0.05) is 43.2 Å². The van der Waals surface area contributed by atoms with Crippen LogP contribution in [0.4, 0.5) is 11.4 Å². The fraction of sp³-hybridized carbons (Fsp3) is 0.368. The number of aromatic nitrogens is 1. The van der Waals surface area contributed by atoms with E-state index in [0.29, 0.717) is 5.69 Å². The lowest BCUT2D eigenvalue weighted by atomic mass is 10.2. The first-order valence-electron chi connectivity index (χ1n) is 8.48. The van der Waals surface area contributed by atoms with Crippen LogP contribution >= 0.6 is 0 Å². The minimum Gasteiger partial charge on any atom is -0.369 e. The van der Waals surface area contributed by atoms with Crippen LogP contribution in [0, 0.1) is 6.92 Å². The summed E-state index contributed by atoms with van der Waals surface area (Å²) in [4.78, 5) is 21.3. The van der Waals surface area contributed by atoms with Gasteiger partial charge in [0.1, 0.15) is 5.69 Å². The van der Waals surface area contributed by atoms with Gasteiger partial charge in [-0.15, -0.1) is 0 Å². The molecule has 1 saturated heterocycles. The van der Waals surface area contributed by atoms with E-state index in [1.807, 2.05) is 31.2 Å². The second kappa shape index (κ2) is 7.45. The number of carbonyl (C=O) groups is 1. The number of anilines is 2.